The van der Waals surface area contributed by atoms with Gasteiger partial charge in [-0.05, 0) is 11.6 Å². The number of alkyl halides is 1. The fourth-order valence-electron chi connectivity index (χ4n) is 1.31. The van der Waals surface area contributed by atoms with Gasteiger partial charge in [0.2, 0.25) is 0 Å². The molecule has 2 aromatic heterocycles. The highest BCUT2D eigenvalue weighted by Gasteiger charge is 2.00. The molecule has 15 heavy (non-hydrogen) atoms. The highest BCUT2D eigenvalue weighted by Crippen LogP contribution is 2.01. The van der Waals surface area contributed by atoms with E-state index in [9.17, 15) is 0 Å². The van der Waals surface area contributed by atoms with E-state index in [0.717, 1.165) is 29.6 Å². The summed E-state index contributed by atoms with van der Waals surface area (Å²) >= 11 is 3.38. The second-order valence-corrected chi connectivity index (χ2v) is 4.00. The number of nitrogens with zero attached hydrogens (tertiary/aromatic N) is 4. The third-order valence-corrected chi connectivity index (χ3v) is 2.40. The fourth-order valence-corrected chi connectivity index (χ4v) is 1.71. The van der Waals surface area contributed by atoms with Crippen LogP contribution in [-0.2, 0) is 13.0 Å². The third-order valence-electron chi connectivity index (χ3n) is 2.00. The first kappa shape index (κ1) is 10.3. The van der Waals surface area contributed by atoms with E-state index in [2.05, 4.69) is 31.2 Å². The van der Waals surface area contributed by atoms with Crippen LogP contribution in [0.25, 0.3) is 0 Å². The first-order valence-electron chi connectivity index (χ1n) is 4.72. The largest absolute Gasteiger partial charge is 0.264 e. The standard InChI is InChI=1S/C10H11BrN4/c11-4-3-10-8-15(14-13-10)7-9-2-1-5-12-6-9/h1-2,5-6,8H,3-4,7H2. The smallest absolute Gasteiger partial charge is 0.0835 e. The van der Waals surface area contributed by atoms with E-state index in [0.29, 0.717) is 0 Å². The maximum Gasteiger partial charge on any atom is 0.0835 e. The number of aryl methyl sites for hydroxylation is 1. The van der Waals surface area contributed by atoms with Crippen molar-refractivity contribution in [1.82, 2.24) is 20.0 Å². The van der Waals surface area contributed by atoms with Crippen LogP contribution in [0.15, 0.2) is 30.7 Å². The summed E-state index contributed by atoms with van der Waals surface area (Å²) < 4.78 is 1.83. The minimum atomic E-state index is 0.725. The van der Waals surface area contributed by atoms with Crippen LogP contribution in [0.5, 0.6) is 0 Å². The molecule has 0 saturated carbocycles. The molecule has 5 heteroatoms. The molecule has 0 unspecified atom stereocenters. The molecule has 0 aromatic carbocycles. The van der Waals surface area contributed by atoms with Gasteiger partial charge in [-0.15, -0.1) is 5.10 Å². The van der Waals surface area contributed by atoms with Gasteiger partial charge in [0.05, 0.1) is 12.2 Å². The molecule has 0 aliphatic rings. The maximum atomic E-state index is 4.06. The molecule has 0 atom stereocenters. The molecule has 0 amide bonds. The number of pyridine rings is 1. The van der Waals surface area contributed by atoms with Gasteiger partial charge in [0, 0.05) is 30.3 Å². The van der Waals surface area contributed by atoms with Gasteiger partial charge in [-0.1, -0.05) is 27.2 Å². The van der Waals surface area contributed by atoms with Crippen molar-refractivity contribution in [2.24, 2.45) is 0 Å². The number of rotatable bonds is 4. The highest BCUT2D eigenvalue weighted by atomic mass is 79.9. The van der Waals surface area contributed by atoms with Gasteiger partial charge in [0.15, 0.2) is 0 Å². The van der Waals surface area contributed by atoms with E-state index in [1.165, 1.54) is 0 Å². The Morgan fingerprint density at radius 1 is 1.40 bits per heavy atom. The van der Waals surface area contributed by atoms with Gasteiger partial charge >= 0.3 is 0 Å². The number of hydrogen-bond acceptors (Lipinski definition) is 3. The molecule has 0 saturated heterocycles. The van der Waals surface area contributed by atoms with Crippen LogP contribution in [0.2, 0.25) is 0 Å². The SMILES string of the molecule is BrCCc1cn(Cc2cccnc2)nn1. The Morgan fingerprint density at radius 2 is 2.33 bits per heavy atom. The average molecular weight is 267 g/mol. The van der Waals surface area contributed by atoms with E-state index in [4.69, 9.17) is 0 Å². The Balaban J connectivity index is 2.05. The number of hydrogen-bond donors (Lipinski definition) is 0. The van der Waals surface area contributed by atoms with Crippen LogP contribution in [0, 0.1) is 0 Å². The van der Waals surface area contributed by atoms with E-state index < -0.39 is 0 Å². The van der Waals surface area contributed by atoms with E-state index in [1.807, 2.05) is 29.2 Å². The Bertz CT molecular complexity index is 412. The molecule has 4 nitrogen and oxygen atoms in total. The van der Waals surface area contributed by atoms with Crippen LogP contribution < -0.4 is 0 Å². The fraction of sp³-hybridized carbons (Fsp3) is 0.300. The molecule has 78 valence electrons. The highest BCUT2D eigenvalue weighted by molar-refractivity contribution is 9.09. The van der Waals surface area contributed by atoms with Gasteiger partial charge in [-0.3, -0.25) is 4.98 Å². The van der Waals surface area contributed by atoms with Crippen LogP contribution >= 0.6 is 15.9 Å². The maximum absolute atomic E-state index is 4.06. The molecule has 2 aromatic rings. The van der Waals surface area contributed by atoms with Crippen molar-refractivity contribution in [2.75, 3.05) is 5.33 Å². The summed E-state index contributed by atoms with van der Waals surface area (Å²) in [5.41, 5.74) is 2.14. The predicted octanol–water partition coefficient (Wildman–Crippen LogP) is 1.66. The van der Waals surface area contributed by atoms with Crippen LogP contribution in [0.3, 0.4) is 0 Å². The quantitative estimate of drug-likeness (QED) is 0.791. The zero-order valence-electron chi connectivity index (χ0n) is 8.17. The number of aromatic nitrogens is 4. The second-order valence-electron chi connectivity index (χ2n) is 3.21. The minimum absolute atomic E-state index is 0.725. The molecule has 0 radical (unpaired) electrons. The lowest BCUT2D eigenvalue weighted by atomic mass is 10.3. The van der Waals surface area contributed by atoms with Crippen molar-refractivity contribution in [3.63, 3.8) is 0 Å². The Hall–Kier alpha value is -1.23. The van der Waals surface area contributed by atoms with Crippen molar-refractivity contribution in [3.8, 4) is 0 Å². The second kappa shape index (κ2) is 5.02. The summed E-state index contributed by atoms with van der Waals surface area (Å²) in [6, 6.07) is 3.95. The van der Waals surface area contributed by atoms with Crippen LogP contribution in [-0.4, -0.2) is 25.3 Å². The van der Waals surface area contributed by atoms with Crippen LogP contribution in [0.1, 0.15) is 11.3 Å². The molecular formula is C10H11BrN4. The molecule has 2 rings (SSSR count). The molecule has 2 heterocycles. The lowest BCUT2D eigenvalue weighted by Crippen LogP contribution is -2.00. The zero-order valence-corrected chi connectivity index (χ0v) is 9.76. The van der Waals surface area contributed by atoms with Gasteiger partial charge in [0.1, 0.15) is 0 Å². The van der Waals surface area contributed by atoms with Crippen molar-refractivity contribution >= 4 is 15.9 Å². The third kappa shape index (κ3) is 2.86. The van der Waals surface area contributed by atoms with E-state index in [-0.39, 0.29) is 0 Å². The van der Waals surface area contributed by atoms with Gasteiger partial charge in [-0.2, -0.15) is 0 Å². The monoisotopic (exact) mass is 266 g/mol. The molecule has 0 N–H and O–H groups in total. The Kier molecular flexibility index (Phi) is 3.45. The molecular weight excluding hydrogens is 256 g/mol. The zero-order chi connectivity index (χ0) is 10.5. The lowest BCUT2D eigenvalue weighted by molar-refractivity contribution is 0.648. The molecule has 0 aliphatic carbocycles. The molecule has 0 aliphatic heterocycles. The summed E-state index contributed by atoms with van der Waals surface area (Å²) in [7, 11) is 0. The predicted molar refractivity (Wildman–Crippen MR) is 60.9 cm³/mol. The summed E-state index contributed by atoms with van der Waals surface area (Å²) in [5, 5.41) is 9.03. The van der Waals surface area contributed by atoms with Crippen molar-refractivity contribution in [2.45, 2.75) is 13.0 Å². The summed E-state index contributed by atoms with van der Waals surface area (Å²) in [5.74, 6) is 0. The van der Waals surface area contributed by atoms with Crippen molar-refractivity contribution < 1.29 is 0 Å². The Labute approximate surface area is 96.5 Å². The van der Waals surface area contributed by atoms with Crippen molar-refractivity contribution in [1.29, 1.82) is 0 Å². The first-order chi connectivity index (χ1) is 7.38. The normalized spacial score (nSPS) is 10.5. The average Bonchev–Trinajstić information content (AvgIpc) is 2.68. The minimum Gasteiger partial charge on any atom is -0.264 e. The lowest BCUT2D eigenvalue weighted by Gasteiger charge is -1.98. The van der Waals surface area contributed by atoms with Gasteiger partial charge < -0.3 is 0 Å². The van der Waals surface area contributed by atoms with E-state index in [1.54, 1.807) is 6.20 Å². The van der Waals surface area contributed by atoms with E-state index >= 15 is 0 Å². The Morgan fingerprint density at radius 3 is 3.07 bits per heavy atom. The van der Waals surface area contributed by atoms with Gasteiger partial charge in [0.25, 0.3) is 0 Å². The first-order valence-corrected chi connectivity index (χ1v) is 5.84. The van der Waals surface area contributed by atoms with Crippen molar-refractivity contribution in [3.05, 3.63) is 42.0 Å². The summed E-state index contributed by atoms with van der Waals surface area (Å²) in [4.78, 5) is 4.05. The molecule has 0 bridgehead atoms. The summed E-state index contributed by atoms with van der Waals surface area (Å²) in [6.07, 6.45) is 6.48. The molecule has 0 spiro atoms. The van der Waals surface area contributed by atoms with Gasteiger partial charge in [-0.25, -0.2) is 4.68 Å². The number of halogens is 1. The summed E-state index contributed by atoms with van der Waals surface area (Å²) in [6.45, 7) is 0.725. The van der Waals surface area contributed by atoms with Crippen LogP contribution in [0.4, 0.5) is 0 Å². The molecule has 0 fully saturated rings. The topological polar surface area (TPSA) is 43.6 Å².